The Morgan fingerprint density at radius 1 is 1.45 bits per heavy atom. The number of hydrogen-bond acceptors (Lipinski definition) is 3. The summed E-state index contributed by atoms with van der Waals surface area (Å²) in [5, 5.41) is 0. The van der Waals surface area contributed by atoms with Gasteiger partial charge < -0.3 is 15.4 Å². The third-order valence-electron chi connectivity index (χ3n) is 3.64. The van der Waals surface area contributed by atoms with Gasteiger partial charge in [0, 0.05) is 19.7 Å². The molecule has 20 heavy (non-hydrogen) atoms. The molecule has 112 valence electrons. The Morgan fingerprint density at radius 2 is 2.15 bits per heavy atom. The fraction of sp³-hybridized carbons (Fsp3) is 0.533. The average Bonchev–Trinajstić information content (AvgIpc) is 2.87. The number of likely N-dealkylation sites (tertiary alicyclic amines) is 1. The van der Waals surface area contributed by atoms with Crippen molar-refractivity contribution in [2.75, 3.05) is 20.3 Å². The highest BCUT2D eigenvalue weighted by Gasteiger charge is 2.31. The van der Waals surface area contributed by atoms with Crippen molar-refractivity contribution in [2.45, 2.75) is 31.3 Å². The van der Waals surface area contributed by atoms with Crippen LogP contribution in [0.5, 0.6) is 0 Å². The molecule has 0 aromatic heterocycles. The van der Waals surface area contributed by atoms with Gasteiger partial charge in [-0.15, -0.1) is 12.4 Å². The molecule has 1 heterocycles. The van der Waals surface area contributed by atoms with Crippen LogP contribution in [-0.2, 0) is 16.0 Å². The van der Waals surface area contributed by atoms with Crippen LogP contribution in [0.2, 0.25) is 0 Å². The van der Waals surface area contributed by atoms with Gasteiger partial charge in [0.05, 0.1) is 6.61 Å². The van der Waals surface area contributed by atoms with Crippen molar-refractivity contribution >= 4 is 18.3 Å². The molecule has 0 bridgehead atoms. The Labute approximate surface area is 126 Å². The molecule has 4 nitrogen and oxygen atoms in total. The Morgan fingerprint density at radius 3 is 2.80 bits per heavy atom. The Balaban J connectivity index is 0.00000200. The Bertz CT molecular complexity index is 414. The lowest BCUT2D eigenvalue weighted by Crippen LogP contribution is -2.48. The van der Waals surface area contributed by atoms with E-state index in [9.17, 15) is 4.79 Å². The molecule has 0 aliphatic carbocycles. The van der Waals surface area contributed by atoms with E-state index in [0.29, 0.717) is 0 Å². The largest absolute Gasteiger partial charge is 0.383 e. The maximum atomic E-state index is 12.3. The smallest absolute Gasteiger partial charge is 0.242 e. The lowest BCUT2D eigenvalue weighted by atomic mass is 10.0. The molecule has 1 aliphatic rings. The highest BCUT2D eigenvalue weighted by molar-refractivity contribution is 5.85. The Hall–Kier alpha value is -1.10. The van der Waals surface area contributed by atoms with Crippen molar-refractivity contribution in [1.82, 2.24) is 4.90 Å². The van der Waals surface area contributed by atoms with E-state index in [2.05, 4.69) is 12.1 Å². The minimum atomic E-state index is -0.540. The number of carbonyl (C=O) groups is 1. The molecule has 2 atom stereocenters. The van der Waals surface area contributed by atoms with Gasteiger partial charge in [0.25, 0.3) is 0 Å². The van der Waals surface area contributed by atoms with Gasteiger partial charge in [0.1, 0.15) is 6.04 Å². The van der Waals surface area contributed by atoms with E-state index in [1.54, 1.807) is 7.11 Å². The van der Waals surface area contributed by atoms with Crippen molar-refractivity contribution in [3.63, 3.8) is 0 Å². The minimum absolute atomic E-state index is 0. The van der Waals surface area contributed by atoms with Crippen LogP contribution < -0.4 is 5.73 Å². The maximum absolute atomic E-state index is 12.3. The van der Waals surface area contributed by atoms with Crippen LogP contribution in [0.25, 0.3) is 0 Å². The van der Waals surface area contributed by atoms with Gasteiger partial charge in [0.2, 0.25) is 5.91 Å². The molecule has 2 N–H and O–H groups in total. The summed E-state index contributed by atoms with van der Waals surface area (Å²) in [6.07, 6.45) is 3.02. The average molecular weight is 299 g/mol. The molecule has 5 heteroatoms. The molecular weight excluding hydrogens is 276 g/mol. The zero-order valence-electron chi connectivity index (χ0n) is 11.8. The predicted molar refractivity (Wildman–Crippen MR) is 82.0 cm³/mol. The first-order valence-electron chi connectivity index (χ1n) is 6.81. The van der Waals surface area contributed by atoms with Crippen LogP contribution in [0.15, 0.2) is 30.3 Å². The number of ether oxygens (including phenoxy) is 1. The first-order chi connectivity index (χ1) is 9.22. The first-order valence-corrected chi connectivity index (χ1v) is 6.81. The van der Waals surface area contributed by atoms with Gasteiger partial charge in [-0.05, 0) is 24.8 Å². The normalized spacial score (nSPS) is 19.5. The SMILES string of the molecule is COCC(N)C(=O)N1CCCC1Cc1ccccc1.Cl. The zero-order chi connectivity index (χ0) is 13.7. The van der Waals surface area contributed by atoms with Crippen molar-refractivity contribution in [2.24, 2.45) is 5.73 Å². The highest BCUT2D eigenvalue weighted by Crippen LogP contribution is 2.21. The van der Waals surface area contributed by atoms with Gasteiger partial charge in [-0.25, -0.2) is 0 Å². The van der Waals surface area contributed by atoms with Crippen molar-refractivity contribution in [3.05, 3.63) is 35.9 Å². The van der Waals surface area contributed by atoms with Crippen LogP contribution >= 0.6 is 12.4 Å². The standard InChI is InChI=1S/C15H22N2O2.ClH/c1-19-11-14(16)15(18)17-9-5-8-13(17)10-12-6-3-2-4-7-12;/h2-4,6-7,13-14H,5,8-11,16H2,1H3;1H. The number of benzene rings is 1. The number of amides is 1. The van der Waals surface area contributed by atoms with Crippen molar-refractivity contribution in [3.8, 4) is 0 Å². The molecule has 1 aliphatic heterocycles. The van der Waals surface area contributed by atoms with Crippen molar-refractivity contribution < 1.29 is 9.53 Å². The molecule has 2 unspecified atom stereocenters. The second kappa shape index (κ2) is 8.25. The van der Waals surface area contributed by atoms with Gasteiger partial charge in [-0.3, -0.25) is 4.79 Å². The summed E-state index contributed by atoms with van der Waals surface area (Å²) in [7, 11) is 1.57. The van der Waals surface area contributed by atoms with Crippen LogP contribution in [0, 0.1) is 0 Å². The predicted octanol–water partition coefficient (Wildman–Crippen LogP) is 1.62. The summed E-state index contributed by atoms with van der Waals surface area (Å²) < 4.78 is 4.97. The van der Waals surface area contributed by atoms with E-state index in [-0.39, 0.29) is 31.0 Å². The fourth-order valence-corrected chi connectivity index (χ4v) is 2.69. The third-order valence-corrected chi connectivity index (χ3v) is 3.64. The van der Waals surface area contributed by atoms with E-state index in [0.717, 1.165) is 25.8 Å². The van der Waals surface area contributed by atoms with Gasteiger partial charge in [0.15, 0.2) is 0 Å². The lowest BCUT2D eigenvalue weighted by molar-refractivity contribution is -0.134. The lowest BCUT2D eigenvalue weighted by Gasteiger charge is -2.27. The topological polar surface area (TPSA) is 55.6 Å². The van der Waals surface area contributed by atoms with Crippen LogP contribution in [0.3, 0.4) is 0 Å². The van der Waals surface area contributed by atoms with Gasteiger partial charge in [-0.2, -0.15) is 0 Å². The zero-order valence-corrected chi connectivity index (χ0v) is 12.6. The fourth-order valence-electron chi connectivity index (χ4n) is 2.69. The van der Waals surface area contributed by atoms with Crippen LogP contribution in [-0.4, -0.2) is 43.2 Å². The van der Waals surface area contributed by atoms with E-state index < -0.39 is 6.04 Å². The minimum Gasteiger partial charge on any atom is -0.383 e. The molecule has 1 aromatic rings. The third kappa shape index (κ3) is 4.20. The summed E-state index contributed by atoms with van der Waals surface area (Å²) >= 11 is 0. The second-order valence-corrected chi connectivity index (χ2v) is 5.08. The molecular formula is C15H23ClN2O2. The van der Waals surface area contributed by atoms with Crippen molar-refractivity contribution in [1.29, 1.82) is 0 Å². The summed E-state index contributed by atoms with van der Waals surface area (Å²) in [6, 6.07) is 10.0. The summed E-state index contributed by atoms with van der Waals surface area (Å²) in [5.74, 6) is 0.0141. The number of nitrogens with zero attached hydrogens (tertiary/aromatic N) is 1. The van der Waals surface area contributed by atoms with E-state index in [1.165, 1.54) is 5.56 Å². The number of halogens is 1. The van der Waals surface area contributed by atoms with E-state index >= 15 is 0 Å². The van der Waals surface area contributed by atoms with Gasteiger partial charge >= 0.3 is 0 Å². The van der Waals surface area contributed by atoms with Gasteiger partial charge in [-0.1, -0.05) is 30.3 Å². The van der Waals surface area contributed by atoms with E-state index in [1.807, 2.05) is 23.1 Å². The number of rotatable bonds is 5. The molecule has 1 fully saturated rings. The monoisotopic (exact) mass is 298 g/mol. The number of nitrogens with two attached hydrogens (primary N) is 1. The molecule has 0 radical (unpaired) electrons. The van der Waals surface area contributed by atoms with Crippen LogP contribution in [0.4, 0.5) is 0 Å². The first kappa shape index (κ1) is 17.0. The molecule has 0 saturated carbocycles. The number of hydrogen-bond donors (Lipinski definition) is 1. The summed E-state index contributed by atoms with van der Waals surface area (Å²) in [5.41, 5.74) is 7.12. The van der Waals surface area contributed by atoms with E-state index in [4.69, 9.17) is 10.5 Å². The molecule has 1 amide bonds. The number of carbonyl (C=O) groups excluding carboxylic acids is 1. The second-order valence-electron chi connectivity index (χ2n) is 5.08. The Kier molecular flexibility index (Phi) is 6.99. The maximum Gasteiger partial charge on any atom is 0.242 e. The summed E-state index contributed by atoms with van der Waals surface area (Å²) in [4.78, 5) is 14.2. The molecule has 2 rings (SSSR count). The summed E-state index contributed by atoms with van der Waals surface area (Å²) in [6.45, 7) is 1.10. The quantitative estimate of drug-likeness (QED) is 0.898. The molecule has 1 aromatic carbocycles. The molecule has 1 saturated heterocycles. The number of methoxy groups -OCH3 is 1. The van der Waals surface area contributed by atoms with Crippen LogP contribution in [0.1, 0.15) is 18.4 Å². The molecule has 0 spiro atoms. The highest BCUT2D eigenvalue weighted by atomic mass is 35.5.